The topological polar surface area (TPSA) is 0 Å². The van der Waals surface area contributed by atoms with Crippen LogP contribution in [-0.4, -0.2) is 0 Å². The summed E-state index contributed by atoms with van der Waals surface area (Å²) in [7, 11) is 0. The maximum absolute atomic E-state index is 2.40. The van der Waals surface area contributed by atoms with Gasteiger partial charge in [-0.2, -0.15) is 0 Å². The van der Waals surface area contributed by atoms with Crippen LogP contribution in [0.25, 0.3) is 0 Å². The van der Waals surface area contributed by atoms with E-state index >= 15 is 0 Å². The molecular formula is C15H30. The summed E-state index contributed by atoms with van der Waals surface area (Å²) in [6.07, 6.45) is 11.6. The van der Waals surface area contributed by atoms with Gasteiger partial charge >= 0.3 is 0 Å². The van der Waals surface area contributed by atoms with Crippen molar-refractivity contribution in [1.82, 2.24) is 0 Å². The second-order valence-corrected chi connectivity index (χ2v) is 5.81. The van der Waals surface area contributed by atoms with Gasteiger partial charge in [-0.1, -0.05) is 66.2 Å². The molecular weight excluding hydrogens is 180 g/mol. The van der Waals surface area contributed by atoms with E-state index < -0.39 is 0 Å². The van der Waals surface area contributed by atoms with Crippen LogP contribution in [0.2, 0.25) is 0 Å². The maximum atomic E-state index is 2.40. The largest absolute Gasteiger partial charge is 0.0654 e. The molecule has 1 rings (SSSR count). The van der Waals surface area contributed by atoms with Crippen molar-refractivity contribution in [1.29, 1.82) is 0 Å². The summed E-state index contributed by atoms with van der Waals surface area (Å²) >= 11 is 0. The van der Waals surface area contributed by atoms with Gasteiger partial charge in [0.1, 0.15) is 0 Å². The summed E-state index contributed by atoms with van der Waals surface area (Å²) in [5.41, 5.74) is 0.795. The highest BCUT2D eigenvalue weighted by Crippen LogP contribution is 2.60. The highest BCUT2D eigenvalue weighted by molar-refractivity contribution is 5.00. The molecule has 0 heteroatoms. The first-order valence-corrected chi connectivity index (χ1v) is 7.18. The summed E-state index contributed by atoms with van der Waals surface area (Å²) in [6, 6.07) is 0. The molecule has 3 atom stereocenters. The highest BCUT2D eigenvalue weighted by Gasteiger charge is 2.50. The molecule has 0 N–H and O–H groups in total. The predicted molar refractivity (Wildman–Crippen MR) is 69.0 cm³/mol. The van der Waals surface area contributed by atoms with E-state index in [-0.39, 0.29) is 0 Å². The Morgan fingerprint density at radius 1 is 1.27 bits per heavy atom. The van der Waals surface area contributed by atoms with Crippen molar-refractivity contribution in [3.05, 3.63) is 0 Å². The molecule has 0 aromatic carbocycles. The van der Waals surface area contributed by atoms with E-state index in [0.717, 1.165) is 17.3 Å². The maximum Gasteiger partial charge on any atom is -0.0269 e. The highest BCUT2D eigenvalue weighted by atomic mass is 14.5. The minimum absolute atomic E-state index is 0.795. The van der Waals surface area contributed by atoms with Crippen molar-refractivity contribution in [3.8, 4) is 0 Å². The Kier molecular flexibility index (Phi) is 5.15. The summed E-state index contributed by atoms with van der Waals surface area (Å²) in [6.45, 7) is 9.45. The molecule has 1 aliphatic carbocycles. The smallest absolute Gasteiger partial charge is 0.0269 e. The third kappa shape index (κ3) is 3.50. The van der Waals surface area contributed by atoms with Crippen molar-refractivity contribution in [2.75, 3.05) is 0 Å². The SMILES string of the molecule is CCCC1CC1(CC)CCCC(C)CC. The fourth-order valence-electron chi connectivity index (χ4n) is 3.11. The number of hydrogen-bond acceptors (Lipinski definition) is 0. The lowest BCUT2D eigenvalue weighted by atomic mass is 9.89. The molecule has 1 aliphatic rings. The lowest BCUT2D eigenvalue weighted by Gasteiger charge is -2.16. The Balaban J connectivity index is 2.19. The zero-order chi connectivity index (χ0) is 11.3. The Labute approximate surface area is 96.8 Å². The molecule has 1 fully saturated rings. The summed E-state index contributed by atoms with van der Waals surface area (Å²) in [5.74, 6) is 2.03. The third-order valence-corrected chi connectivity index (χ3v) is 4.77. The van der Waals surface area contributed by atoms with Crippen LogP contribution in [0.4, 0.5) is 0 Å². The lowest BCUT2D eigenvalue weighted by Crippen LogP contribution is -2.04. The molecule has 90 valence electrons. The molecule has 0 spiro atoms. The first-order valence-electron chi connectivity index (χ1n) is 7.18. The van der Waals surface area contributed by atoms with Gasteiger partial charge in [0.15, 0.2) is 0 Å². The number of hydrogen-bond donors (Lipinski definition) is 0. The average molecular weight is 210 g/mol. The summed E-state index contributed by atoms with van der Waals surface area (Å²) in [5, 5.41) is 0. The predicted octanol–water partition coefficient (Wildman–Crippen LogP) is 5.42. The Morgan fingerprint density at radius 3 is 2.53 bits per heavy atom. The van der Waals surface area contributed by atoms with E-state index in [1.807, 2.05) is 0 Å². The second kappa shape index (κ2) is 5.92. The fraction of sp³-hybridized carbons (Fsp3) is 1.00. The normalized spacial score (nSPS) is 31.6. The Bertz CT molecular complexity index is 173. The molecule has 0 aromatic heterocycles. The average Bonchev–Trinajstić information content (AvgIpc) is 2.93. The van der Waals surface area contributed by atoms with E-state index in [9.17, 15) is 0 Å². The molecule has 1 saturated carbocycles. The zero-order valence-electron chi connectivity index (χ0n) is 11.3. The van der Waals surface area contributed by atoms with Gasteiger partial charge < -0.3 is 0 Å². The Morgan fingerprint density at radius 2 is 2.00 bits per heavy atom. The van der Waals surface area contributed by atoms with Gasteiger partial charge in [-0.05, 0) is 30.1 Å². The molecule has 0 aromatic rings. The van der Waals surface area contributed by atoms with Crippen LogP contribution in [0.15, 0.2) is 0 Å². The first kappa shape index (κ1) is 13.1. The molecule has 3 unspecified atom stereocenters. The molecule has 0 nitrogen and oxygen atoms in total. The minimum atomic E-state index is 0.795. The van der Waals surface area contributed by atoms with Crippen molar-refractivity contribution < 1.29 is 0 Å². The quantitative estimate of drug-likeness (QED) is 0.502. The minimum Gasteiger partial charge on any atom is -0.0654 e. The molecule has 0 bridgehead atoms. The monoisotopic (exact) mass is 210 g/mol. The van der Waals surface area contributed by atoms with Gasteiger partial charge in [0.25, 0.3) is 0 Å². The second-order valence-electron chi connectivity index (χ2n) is 5.81. The summed E-state index contributed by atoms with van der Waals surface area (Å²) in [4.78, 5) is 0. The van der Waals surface area contributed by atoms with Crippen LogP contribution >= 0.6 is 0 Å². The van der Waals surface area contributed by atoms with Crippen LogP contribution in [0.1, 0.15) is 79.1 Å². The van der Waals surface area contributed by atoms with Crippen molar-refractivity contribution >= 4 is 0 Å². The van der Waals surface area contributed by atoms with E-state index in [1.54, 1.807) is 0 Å². The van der Waals surface area contributed by atoms with Crippen LogP contribution in [-0.2, 0) is 0 Å². The third-order valence-electron chi connectivity index (χ3n) is 4.77. The summed E-state index contributed by atoms with van der Waals surface area (Å²) < 4.78 is 0. The molecule has 0 radical (unpaired) electrons. The van der Waals surface area contributed by atoms with Crippen molar-refractivity contribution in [2.24, 2.45) is 17.3 Å². The van der Waals surface area contributed by atoms with Gasteiger partial charge in [0.2, 0.25) is 0 Å². The van der Waals surface area contributed by atoms with Gasteiger partial charge in [-0.15, -0.1) is 0 Å². The van der Waals surface area contributed by atoms with Gasteiger partial charge in [0.05, 0.1) is 0 Å². The Hall–Kier alpha value is 0. The molecule has 0 aliphatic heterocycles. The van der Waals surface area contributed by atoms with Gasteiger partial charge in [-0.25, -0.2) is 0 Å². The van der Waals surface area contributed by atoms with Gasteiger partial charge in [0, 0.05) is 0 Å². The molecule has 15 heavy (non-hydrogen) atoms. The van der Waals surface area contributed by atoms with E-state index in [0.29, 0.717) is 0 Å². The van der Waals surface area contributed by atoms with Crippen LogP contribution in [0.3, 0.4) is 0 Å². The van der Waals surface area contributed by atoms with Crippen LogP contribution in [0, 0.1) is 17.3 Å². The van der Waals surface area contributed by atoms with Gasteiger partial charge in [-0.3, -0.25) is 0 Å². The van der Waals surface area contributed by atoms with Crippen LogP contribution in [0.5, 0.6) is 0 Å². The van der Waals surface area contributed by atoms with Crippen LogP contribution < -0.4 is 0 Å². The van der Waals surface area contributed by atoms with E-state index in [1.165, 1.54) is 51.4 Å². The standard InChI is InChI=1S/C15H30/c1-5-9-14-12-15(14,7-3)11-8-10-13(4)6-2/h13-14H,5-12H2,1-4H3. The molecule has 0 amide bonds. The molecule has 0 saturated heterocycles. The van der Waals surface area contributed by atoms with E-state index in [2.05, 4.69) is 27.7 Å². The molecule has 0 heterocycles. The van der Waals surface area contributed by atoms with Crippen molar-refractivity contribution in [2.45, 2.75) is 79.1 Å². The van der Waals surface area contributed by atoms with E-state index in [4.69, 9.17) is 0 Å². The number of rotatable bonds is 8. The zero-order valence-corrected chi connectivity index (χ0v) is 11.3. The first-order chi connectivity index (χ1) is 7.18. The lowest BCUT2D eigenvalue weighted by molar-refractivity contribution is 0.355. The fourth-order valence-corrected chi connectivity index (χ4v) is 3.11. The van der Waals surface area contributed by atoms with Crippen molar-refractivity contribution in [3.63, 3.8) is 0 Å².